The SMILES string of the molecule is CCCNC(Cc1cccnc1)c1cc(OC)cs1. The minimum Gasteiger partial charge on any atom is -0.496 e. The Morgan fingerprint density at radius 1 is 1.47 bits per heavy atom. The predicted molar refractivity (Wildman–Crippen MR) is 79.8 cm³/mol. The maximum Gasteiger partial charge on any atom is 0.129 e. The molecular formula is C15H20N2OS. The van der Waals surface area contributed by atoms with Crippen molar-refractivity contribution in [3.63, 3.8) is 0 Å². The molecule has 0 bridgehead atoms. The van der Waals surface area contributed by atoms with Crippen LogP contribution in [-0.2, 0) is 6.42 Å². The van der Waals surface area contributed by atoms with E-state index in [0.29, 0.717) is 6.04 Å². The van der Waals surface area contributed by atoms with E-state index in [0.717, 1.165) is 25.1 Å². The second kappa shape index (κ2) is 7.26. The van der Waals surface area contributed by atoms with Crippen LogP contribution in [0, 0.1) is 0 Å². The summed E-state index contributed by atoms with van der Waals surface area (Å²) in [5.74, 6) is 0.939. The van der Waals surface area contributed by atoms with Crippen molar-refractivity contribution >= 4 is 11.3 Å². The topological polar surface area (TPSA) is 34.2 Å². The van der Waals surface area contributed by atoms with Crippen molar-refractivity contribution in [1.82, 2.24) is 10.3 Å². The Labute approximate surface area is 118 Å². The van der Waals surface area contributed by atoms with E-state index in [4.69, 9.17) is 4.74 Å². The summed E-state index contributed by atoms with van der Waals surface area (Å²) in [6, 6.07) is 6.56. The standard InChI is InChI=1S/C15H20N2OS/c1-3-6-17-14(8-12-5-4-7-16-10-12)15-9-13(18-2)11-19-15/h4-5,7,9-11,14,17H,3,6,8H2,1-2H3. The van der Waals surface area contributed by atoms with E-state index in [1.807, 2.05) is 18.5 Å². The van der Waals surface area contributed by atoms with Crippen LogP contribution in [0.2, 0.25) is 0 Å². The second-order valence-corrected chi connectivity index (χ2v) is 5.40. The molecule has 0 amide bonds. The van der Waals surface area contributed by atoms with Crippen molar-refractivity contribution in [3.05, 3.63) is 46.4 Å². The molecule has 2 rings (SSSR count). The van der Waals surface area contributed by atoms with Gasteiger partial charge in [0, 0.05) is 28.7 Å². The van der Waals surface area contributed by atoms with Gasteiger partial charge in [-0.2, -0.15) is 0 Å². The molecule has 19 heavy (non-hydrogen) atoms. The highest BCUT2D eigenvalue weighted by atomic mass is 32.1. The fourth-order valence-corrected chi connectivity index (χ4v) is 2.90. The Morgan fingerprint density at radius 3 is 3.00 bits per heavy atom. The zero-order valence-electron chi connectivity index (χ0n) is 11.4. The third kappa shape index (κ3) is 4.04. The molecule has 0 saturated heterocycles. The molecule has 0 aliphatic heterocycles. The van der Waals surface area contributed by atoms with Gasteiger partial charge in [0.05, 0.1) is 7.11 Å². The summed E-state index contributed by atoms with van der Waals surface area (Å²) in [7, 11) is 1.71. The van der Waals surface area contributed by atoms with Gasteiger partial charge in [-0.05, 0) is 37.1 Å². The van der Waals surface area contributed by atoms with E-state index in [-0.39, 0.29) is 0 Å². The lowest BCUT2D eigenvalue weighted by atomic mass is 10.1. The third-order valence-corrected chi connectivity index (χ3v) is 4.00. The van der Waals surface area contributed by atoms with Crippen LogP contribution in [0.1, 0.15) is 29.8 Å². The van der Waals surface area contributed by atoms with Gasteiger partial charge in [0.1, 0.15) is 5.75 Å². The number of hydrogen-bond donors (Lipinski definition) is 1. The van der Waals surface area contributed by atoms with Crippen molar-refractivity contribution in [2.24, 2.45) is 0 Å². The third-order valence-electron chi connectivity index (χ3n) is 2.98. The summed E-state index contributed by atoms with van der Waals surface area (Å²) in [6.07, 6.45) is 5.83. The molecule has 1 N–H and O–H groups in total. The van der Waals surface area contributed by atoms with Crippen LogP contribution in [-0.4, -0.2) is 18.6 Å². The highest BCUT2D eigenvalue weighted by molar-refractivity contribution is 7.10. The summed E-state index contributed by atoms with van der Waals surface area (Å²) in [6.45, 7) is 3.20. The highest BCUT2D eigenvalue weighted by Crippen LogP contribution is 2.28. The molecular weight excluding hydrogens is 256 g/mol. The monoisotopic (exact) mass is 276 g/mol. The Bertz CT molecular complexity index is 484. The minimum absolute atomic E-state index is 0.332. The van der Waals surface area contributed by atoms with Crippen LogP contribution in [0.15, 0.2) is 36.0 Å². The zero-order valence-corrected chi connectivity index (χ0v) is 12.2. The number of nitrogens with one attached hydrogen (secondary N) is 1. The van der Waals surface area contributed by atoms with Crippen molar-refractivity contribution in [2.45, 2.75) is 25.8 Å². The smallest absolute Gasteiger partial charge is 0.129 e. The number of methoxy groups -OCH3 is 1. The quantitative estimate of drug-likeness (QED) is 0.841. The van der Waals surface area contributed by atoms with Crippen molar-refractivity contribution in [2.75, 3.05) is 13.7 Å². The van der Waals surface area contributed by atoms with E-state index < -0.39 is 0 Å². The Morgan fingerprint density at radius 2 is 2.37 bits per heavy atom. The number of rotatable bonds is 7. The maximum atomic E-state index is 5.27. The maximum absolute atomic E-state index is 5.27. The van der Waals surface area contributed by atoms with Gasteiger partial charge in [0.15, 0.2) is 0 Å². The summed E-state index contributed by atoms with van der Waals surface area (Å²) in [5.41, 5.74) is 1.25. The number of nitrogens with zero attached hydrogens (tertiary/aromatic N) is 1. The van der Waals surface area contributed by atoms with Crippen LogP contribution >= 0.6 is 11.3 Å². The van der Waals surface area contributed by atoms with Crippen LogP contribution in [0.5, 0.6) is 5.75 Å². The van der Waals surface area contributed by atoms with Crippen molar-refractivity contribution < 1.29 is 4.74 Å². The summed E-state index contributed by atoms with van der Waals surface area (Å²) in [5, 5.41) is 5.65. The number of ether oxygens (including phenoxy) is 1. The molecule has 0 aliphatic carbocycles. The molecule has 2 aromatic heterocycles. The first kappa shape index (κ1) is 14.0. The van der Waals surface area contributed by atoms with Gasteiger partial charge in [-0.25, -0.2) is 0 Å². The van der Waals surface area contributed by atoms with Crippen LogP contribution in [0.3, 0.4) is 0 Å². The van der Waals surface area contributed by atoms with E-state index >= 15 is 0 Å². The molecule has 3 nitrogen and oxygen atoms in total. The molecule has 2 heterocycles. The molecule has 102 valence electrons. The van der Waals surface area contributed by atoms with Crippen LogP contribution in [0.4, 0.5) is 0 Å². The number of aromatic nitrogens is 1. The van der Waals surface area contributed by atoms with Gasteiger partial charge in [-0.15, -0.1) is 11.3 Å². The number of hydrogen-bond acceptors (Lipinski definition) is 4. The van der Waals surface area contributed by atoms with Crippen molar-refractivity contribution in [1.29, 1.82) is 0 Å². The molecule has 0 fully saturated rings. The van der Waals surface area contributed by atoms with Crippen molar-refractivity contribution in [3.8, 4) is 5.75 Å². The zero-order chi connectivity index (χ0) is 13.5. The van der Waals surface area contributed by atoms with E-state index in [1.165, 1.54) is 10.4 Å². The fourth-order valence-electron chi connectivity index (χ4n) is 1.97. The number of pyridine rings is 1. The minimum atomic E-state index is 0.332. The first-order chi connectivity index (χ1) is 9.33. The second-order valence-electron chi connectivity index (χ2n) is 4.46. The Hall–Kier alpha value is -1.39. The average Bonchev–Trinajstić information content (AvgIpc) is 2.93. The van der Waals surface area contributed by atoms with E-state index in [2.05, 4.69) is 34.7 Å². The lowest BCUT2D eigenvalue weighted by Gasteiger charge is -2.17. The summed E-state index contributed by atoms with van der Waals surface area (Å²) in [4.78, 5) is 5.50. The molecule has 4 heteroatoms. The van der Waals surface area contributed by atoms with Gasteiger partial charge < -0.3 is 10.1 Å². The molecule has 0 spiro atoms. The number of thiophene rings is 1. The molecule has 0 aliphatic rings. The molecule has 1 atom stereocenters. The molecule has 2 aromatic rings. The molecule has 0 aromatic carbocycles. The van der Waals surface area contributed by atoms with Crippen LogP contribution in [0.25, 0.3) is 0 Å². The van der Waals surface area contributed by atoms with Gasteiger partial charge >= 0.3 is 0 Å². The molecule has 0 radical (unpaired) electrons. The Balaban J connectivity index is 2.11. The summed E-state index contributed by atoms with van der Waals surface area (Å²) >= 11 is 1.74. The van der Waals surface area contributed by atoms with Gasteiger partial charge in [-0.1, -0.05) is 13.0 Å². The van der Waals surface area contributed by atoms with Crippen LogP contribution < -0.4 is 10.1 Å². The van der Waals surface area contributed by atoms with E-state index in [9.17, 15) is 0 Å². The van der Waals surface area contributed by atoms with Gasteiger partial charge in [-0.3, -0.25) is 4.98 Å². The fraction of sp³-hybridized carbons (Fsp3) is 0.400. The Kier molecular flexibility index (Phi) is 5.36. The highest BCUT2D eigenvalue weighted by Gasteiger charge is 2.14. The average molecular weight is 276 g/mol. The van der Waals surface area contributed by atoms with E-state index in [1.54, 1.807) is 18.4 Å². The first-order valence-corrected chi connectivity index (χ1v) is 7.46. The predicted octanol–water partition coefficient (Wildman–Crippen LogP) is 3.44. The molecule has 0 saturated carbocycles. The largest absolute Gasteiger partial charge is 0.496 e. The molecule has 1 unspecified atom stereocenters. The van der Waals surface area contributed by atoms with Gasteiger partial charge in [0.25, 0.3) is 0 Å². The lowest BCUT2D eigenvalue weighted by molar-refractivity contribution is 0.415. The first-order valence-electron chi connectivity index (χ1n) is 6.58. The normalized spacial score (nSPS) is 12.3. The van der Waals surface area contributed by atoms with Gasteiger partial charge in [0.2, 0.25) is 0 Å². The summed E-state index contributed by atoms with van der Waals surface area (Å²) < 4.78 is 5.27. The lowest BCUT2D eigenvalue weighted by Crippen LogP contribution is -2.23.